The average molecular weight is 305 g/mol. The fourth-order valence-electron chi connectivity index (χ4n) is 3.35. The van der Waals surface area contributed by atoms with Crippen LogP contribution in [0.3, 0.4) is 0 Å². The summed E-state index contributed by atoms with van der Waals surface area (Å²) in [6, 6.07) is 6.36. The predicted octanol–water partition coefficient (Wildman–Crippen LogP) is 2.04. The standard InChI is InChI=1S/C15H19N3O2S/c1-19-9-2-3-13-11(6-9)10-4-5-18-15(14(10)17-13)12(16)7-21-8-20-18/h2-3,6,12,15,17H,4-5,7-8,16H2,1H3. The molecule has 1 aromatic heterocycles. The summed E-state index contributed by atoms with van der Waals surface area (Å²) in [6.07, 6.45) is 0.969. The van der Waals surface area contributed by atoms with Crippen molar-refractivity contribution in [1.82, 2.24) is 10.0 Å². The van der Waals surface area contributed by atoms with Crippen molar-refractivity contribution in [1.29, 1.82) is 0 Å². The van der Waals surface area contributed by atoms with E-state index in [1.807, 2.05) is 6.07 Å². The molecule has 4 rings (SSSR count). The van der Waals surface area contributed by atoms with Gasteiger partial charge in [0.05, 0.1) is 13.2 Å². The quantitative estimate of drug-likeness (QED) is 0.844. The SMILES string of the molecule is COc1ccc2[nH]c3c(c2c1)CCN1OCSCC(N)C31. The van der Waals surface area contributed by atoms with Crippen LogP contribution in [-0.4, -0.2) is 41.4 Å². The first kappa shape index (κ1) is 13.5. The second-order valence-corrected chi connectivity index (χ2v) is 6.52. The van der Waals surface area contributed by atoms with Crippen molar-refractivity contribution in [3.05, 3.63) is 29.5 Å². The van der Waals surface area contributed by atoms with Gasteiger partial charge in [-0.3, -0.25) is 4.84 Å². The third kappa shape index (κ3) is 2.14. The molecule has 21 heavy (non-hydrogen) atoms. The van der Waals surface area contributed by atoms with Crippen LogP contribution in [0.2, 0.25) is 0 Å². The number of hydrogen-bond donors (Lipinski definition) is 2. The Balaban J connectivity index is 1.85. The fraction of sp³-hybridized carbons (Fsp3) is 0.467. The van der Waals surface area contributed by atoms with E-state index in [1.165, 1.54) is 16.6 Å². The van der Waals surface area contributed by atoms with Crippen LogP contribution in [-0.2, 0) is 11.3 Å². The lowest BCUT2D eigenvalue weighted by Crippen LogP contribution is -2.44. The maximum Gasteiger partial charge on any atom is 0.119 e. The van der Waals surface area contributed by atoms with Gasteiger partial charge in [0.25, 0.3) is 0 Å². The van der Waals surface area contributed by atoms with E-state index >= 15 is 0 Å². The molecule has 2 atom stereocenters. The largest absolute Gasteiger partial charge is 0.497 e. The normalized spacial score (nSPS) is 26.2. The summed E-state index contributed by atoms with van der Waals surface area (Å²) in [5, 5.41) is 3.30. The van der Waals surface area contributed by atoms with Crippen LogP contribution in [0.25, 0.3) is 10.9 Å². The zero-order chi connectivity index (χ0) is 14.4. The third-order valence-corrected chi connectivity index (χ3v) is 5.24. The van der Waals surface area contributed by atoms with Crippen molar-refractivity contribution in [2.75, 3.05) is 25.3 Å². The summed E-state index contributed by atoms with van der Waals surface area (Å²) < 4.78 is 5.35. The molecule has 0 radical (unpaired) electrons. The van der Waals surface area contributed by atoms with Gasteiger partial charge in [0.1, 0.15) is 11.7 Å². The molecule has 1 saturated heterocycles. The van der Waals surface area contributed by atoms with Gasteiger partial charge in [-0.2, -0.15) is 5.06 Å². The Kier molecular flexibility index (Phi) is 3.34. The van der Waals surface area contributed by atoms with Crippen LogP contribution in [0.1, 0.15) is 17.3 Å². The summed E-state index contributed by atoms with van der Waals surface area (Å²) in [6.45, 7) is 0.885. The Hall–Kier alpha value is -1.21. The van der Waals surface area contributed by atoms with E-state index in [-0.39, 0.29) is 12.1 Å². The van der Waals surface area contributed by atoms with E-state index in [4.69, 9.17) is 15.3 Å². The summed E-state index contributed by atoms with van der Waals surface area (Å²) in [4.78, 5) is 9.40. The van der Waals surface area contributed by atoms with Gasteiger partial charge in [-0.15, -0.1) is 11.8 Å². The molecule has 0 spiro atoms. The van der Waals surface area contributed by atoms with E-state index in [9.17, 15) is 0 Å². The topological polar surface area (TPSA) is 63.5 Å². The number of nitrogens with zero attached hydrogens (tertiary/aromatic N) is 1. The van der Waals surface area contributed by atoms with E-state index in [0.29, 0.717) is 5.94 Å². The highest BCUT2D eigenvalue weighted by Gasteiger charge is 2.36. The Labute approximate surface area is 127 Å². The average Bonchev–Trinajstić information content (AvgIpc) is 2.77. The molecular formula is C15H19N3O2S. The number of aromatic nitrogens is 1. The number of methoxy groups -OCH3 is 1. The van der Waals surface area contributed by atoms with Gasteiger partial charge in [-0.25, -0.2) is 0 Å². The highest BCUT2D eigenvalue weighted by molar-refractivity contribution is 7.99. The van der Waals surface area contributed by atoms with Crippen LogP contribution >= 0.6 is 11.8 Å². The number of ether oxygens (including phenoxy) is 1. The van der Waals surface area contributed by atoms with Gasteiger partial charge in [0.2, 0.25) is 0 Å². The first-order valence-electron chi connectivity index (χ1n) is 7.19. The lowest BCUT2D eigenvalue weighted by Gasteiger charge is -2.35. The molecule has 2 aliphatic heterocycles. The van der Waals surface area contributed by atoms with Gasteiger partial charge >= 0.3 is 0 Å². The number of fused-ring (bicyclic) bond motifs is 5. The van der Waals surface area contributed by atoms with Crippen LogP contribution in [0.5, 0.6) is 5.75 Å². The van der Waals surface area contributed by atoms with Crippen molar-refractivity contribution in [2.24, 2.45) is 5.73 Å². The zero-order valence-corrected chi connectivity index (χ0v) is 12.8. The molecule has 0 aliphatic carbocycles. The Bertz CT molecular complexity index is 672. The third-order valence-electron chi connectivity index (χ3n) is 4.35. The van der Waals surface area contributed by atoms with E-state index in [0.717, 1.165) is 30.0 Å². The van der Waals surface area contributed by atoms with Gasteiger partial charge in [0.15, 0.2) is 0 Å². The van der Waals surface area contributed by atoms with Crippen LogP contribution in [0, 0.1) is 0 Å². The minimum atomic E-state index is 0.0755. The smallest absolute Gasteiger partial charge is 0.119 e. The zero-order valence-electron chi connectivity index (χ0n) is 12.0. The Morgan fingerprint density at radius 3 is 3.24 bits per heavy atom. The molecule has 2 unspecified atom stereocenters. The van der Waals surface area contributed by atoms with Crippen LogP contribution in [0.4, 0.5) is 0 Å². The summed E-state index contributed by atoms with van der Waals surface area (Å²) >= 11 is 1.75. The first-order chi connectivity index (χ1) is 10.3. The Morgan fingerprint density at radius 2 is 2.38 bits per heavy atom. The summed E-state index contributed by atoms with van der Waals surface area (Å²) in [5.74, 6) is 2.50. The molecule has 6 heteroatoms. The molecule has 5 nitrogen and oxygen atoms in total. The summed E-state index contributed by atoms with van der Waals surface area (Å²) in [5.41, 5.74) is 10.1. The minimum absolute atomic E-state index is 0.0755. The highest BCUT2D eigenvalue weighted by atomic mass is 32.2. The van der Waals surface area contributed by atoms with Crippen molar-refractivity contribution >= 4 is 22.7 Å². The molecule has 2 aliphatic rings. The molecule has 3 heterocycles. The van der Waals surface area contributed by atoms with E-state index in [1.54, 1.807) is 18.9 Å². The number of hydroxylamine groups is 2. The van der Waals surface area contributed by atoms with Crippen molar-refractivity contribution in [2.45, 2.75) is 18.5 Å². The van der Waals surface area contributed by atoms with E-state index in [2.05, 4.69) is 22.2 Å². The first-order valence-corrected chi connectivity index (χ1v) is 8.35. The molecule has 0 saturated carbocycles. The van der Waals surface area contributed by atoms with Gasteiger partial charge in [-0.1, -0.05) is 0 Å². The number of thioether (sulfide) groups is 1. The monoisotopic (exact) mass is 305 g/mol. The number of aromatic amines is 1. The number of rotatable bonds is 1. The lowest BCUT2D eigenvalue weighted by atomic mass is 9.95. The maximum atomic E-state index is 6.39. The molecule has 3 N–H and O–H groups in total. The molecule has 112 valence electrons. The molecular weight excluding hydrogens is 286 g/mol. The molecule has 1 fully saturated rings. The minimum Gasteiger partial charge on any atom is -0.497 e. The number of H-pyrrole nitrogens is 1. The predicted molar refractivity (Wildman–Crippen MR) is 84.4 cm³/mol. The van der Waals surface area contributed by atoms with Gasteiger partial charge in [0, 0.05) is 34.9 Å². The highest BCUT2D eigenvalue weighted by Crippen LogP contribution is 2.39. The molecule has 2 aromatic rings. The van der Waals surface area contributed by atoms with Crippen LogP contribution in [0.15, 0.2) is 18.2 Å². The Morgan fingerprint density at radius 1 is 1.48 bits per heavy atom. The van der Waals surface area contributed by atoms with Crippen molar-refractivity contribution < 1.29 is 9.57 Å². The second kappa shape index (κ2) is 5.21. The molecule has 1 aromatic carbocycles. The molecule has 0 bridgehead atoms. The second-order valence-electron chi connectivity index (χ2n) is 5.55. The van der Waals surface area contributed by atoms with Crippen LogP contribution < -0.4 is 10.5 Å². The number of nitrogens with two attached hydrogens (primary N) is 1. The van der Waals surface area contributed by atoms with Crippen molar-refractivity contribution in [3.8, 4) is 5.75 Å². The van der Waals surface area contributed by atoms with Gasteiger partial charge < -0.3 is 15.5 Å². The lowest BCUT2D eigenvalue weighted by molar-refractivity contribution is -0.175. The number of benzene rings is 1. The number of nitrogens with one attached hydrogen (secondary N) is 1. The maximum absolute atomic E-state index is 6.39. The van der Waals surface area contributed by atoms with Crippen molar-refractivity contribution in [3.63, 3.8) is 0 Å². The fourth-order valence-corrected chi connectivity index (χ4v) is 4.11. The van der Waals surface area contributed by atoms with E-state index < -0.39 is 0 Å². The molecule has 0 amide bonds. The number of hydrogen-bond acceptors (Lipinski definition) is 5. The summed E-state index contributed by atoms with van der Waals surface area (Å²) in [7, 11) is 1.70. The van der Waals surface area contributed by atoms with Gasteiger partial charge in [-0.05, 0) is 30.2 Å².